The smallest absolute Gasteiger partial charge is 0.394 e. The number of aliphatic hydroxyl groups is 8. The second kappa shape index (κ2) is 7.29. The Kier molecular flexibility index (Phi) is 5.76. The van der Waals surface area contributed by atoms with Gasteiger partial charge in [0.05, 0.1) is 6.61 Å². The van der Waals surface area contributed by atoms with E-state index in [4.69, 9.17) is 14.2 Å². The van der Waals surface area contributed by atoms with Crippen molar-refractivity contribution in [3.63, 3.8) is 0 Å². The Bertz CT molecular complexity index is 685. The zero-order valence-corrected chi connectivity index (χ0v) is 14.7. The maximum absolute atomic E-state index is 11.6. The topological polar surface area (TPSA) is 242 Å². The van der Waals surface area contributed by atoms with Crippen LogP contribution >= 0.6 is 0 Å². The molecule has 164 valence electrons. The summed E-state index contributed by atoms with van der Waals surface area (Å²) in [6.45, 7) is -2.22. The first-order chi connectivity index (χ1) is 12.9. The van der Waals surface area contributed by atoms with Gasteiger partial charge >= 0.3 is 10.4 Å². The summed E-state index contributed by atoms with van der Waals surface area (Å²) in [5, 5.41) is 78.7. The molecule has 16 heteroatoms. The highest BCUT2D eigenvalue weighted by molar-refractivity contribution is 7.82. The van der Waals surface area contributed by atoms with Crippen molar-refractivity contribution in [2.24, 2.45) is 0 Å². The molecule has 0 amide bonds. The molecule has 0 aromatic rings. The molecular formula is C12H20O15S. The quantitative estimate of drug-likeness (QED) is 0.204. The molecule has 0 bridgehead atoms. The third-order valence-electron chi connectivity index (χ3n) is 4.66. The van der Waals surface area contributed by atoms with Crippen LogP contribution in [0.3, 0.4) is 0 Å². The molecule has 0 aromatic heterocycles. The van der Waals surface area contributed by atoms with E-state index in [0.29, 0.717) is 0 Å². The fourth-order valence-electron chi connectivity index (χ4n) is 3.15. The van der Waals surface area contributed by atoms with Crippen molar-refractivity contribution >= 4 is 10.4 Å². The summed E-state index contributed by atoms with van der Waals surface area (Å²) in [7, 11) is -4.96. The second-order valence-corrected chi connectivity index (χ2v) is 7.58. The molecule has 3 saturated heterocycles. The van der Waals surface area contributed by atoms with E-state index >= 15 is 0 Å². The average Bonchev–Trinajstić information content (AvgIpc) is 2.85. The normalized spacial score (nSPS) is 53.7. The summed E-state index contributed by atoms with van der Waals surface area (Å²) in [5.41, 5.74) is 0. The summed E-state index contributed by atoms with van der Waals surface area (Å²) < 4.78 is 46.8. The first kappa shape index (κ1) is 22.1. The fourth-order valence-corrected chi connectivity index (χ4v) is 4.26. The molecule has 0 radical (unpaired) electrons. The largest absolute Gasteiger partial charge is 0.405 e. The fraction of sp³-hybridized carbons (Fsp3) is 1.00. The van der Waals surface area contributed by atoms with Crippen LogP contribution in [-0.4, -0.2) is 123 Å². The molecule has 0 spiro atoms. The maximum Gasteiger partial charge on any atom is 0.405 e. The van der Waals surface area contributed by atoms with Gasteiger partial charge in [-0.2, -0.15) is 8.42 Å². The first-order valence-electron chi connectivity index (χ1n) is 7.91. The molecule has 10 atom stereocenters. The lowest BCUT2D eigenvalue weighted by molar-refractivity contribution is -0.450. The van der Waals surface area contributed by atoms with E-state index in [9.17, 15) is 49.3 Å². The molecule has 0 aliphatic carbocycles. The van der Waals surface area contributed by atoms with E-state index in [1.54, 1.807) is 0 Å². The van der Waals surface area contributed by atoms with Gasteiger partial charge in [-0.1, -0.05) is 0 Å². The number of ether oxygens (including phenoxy) is 3. The van der Waals surface area contributed by atoms with E-state index in [1.807, 2.05) is 0 Å². The molecule has 0 aromatic carbocycles. The summed E-state index contributed by atoms with van der Waals surface area (Å²) in [5.74, 6) is -6.18. The molecule has 8 N–H and O–H groups in total. The van der Waals surface area contributed by atoms with Gasteiger partial charge in [-0.05, 0) is 0 Å². The summed E-state index contributed by atoms with van der Waals surface area (Å²) in [6, 6.07) is 0. The third-order valence-corrected chi connectivity index (χ3v) is 5.59. The van der Waals surface area contributed by atoms with Crippen LogP contribution in [0.1, 0.15) is 0 Å². The highest BCUT2D eigenvalue weighted by atomic mass is 32.3. The first-order valence-corrected chi connectivity index (χ1v) is 9.24. The minimum Gasteiger partial charge on any atom is -0.394 e. The van der Waals surface area contributed by atoms with Gasteiger partial charge in [0, 0.05) is 0 Å². The Morgan fingerprint density at radius 3 is 2.18 bits per heavy atom. The molecule has 3 fully saturated rings. The standard InChI is InChI=1S/C12H20O15S/c13-1-3-7(4(15)5(16)9(19)23-3)24-10-6(17)8(18)12(20)11(2-14,25-10)26-28(21,22)27-12/h3-10,13-20H,1-2H2/t3-,4-,5-,6-,7-,8+,9-,10+,11-,12-/m1/s1. The van der Waals surface area contributed by atoms with Crippen molar-refractivity contribution in [2.75, 3.05) is 13.2 Å². The van der Waals surface area contributed by atoms with Crippen LogP contribution in [0.25, 0.3) is 0 Å². The van der Waals surface area contributed by atoms with E-state index < -0.39 is 84.4 Å². The van der Waals surface area contributed by atoms with Gasteiger partial charge < -0.3 is 55.1 Å². The van der Waals surface area contributed by atoms with E-state index in [-0.39, 0.29) is 0 Å². The van der Waals surface area contributed by atoms with Crippen molar-refractivity contribution in [1.82, 2.24) is 0 Å². The average molecular weight is 436 g/mol. The molecule has 0 unspecified atom stereocenters. The Hall–Kier alpha value is -0.570. The molecule has 28 heavy (non-hydrogen) atoms. The molecular weight excluding hydrogens is 416 g/mol. The number of aliphatic hydroxyl groups excluding tert-OH is 7. The van der Waals surface area contributed by atoms with Gasteiger partial charge in [0.1, 0.15) is 43.2 Å². The maximum atomic E-state index is 11.6. The molecule has 3 aliphatic rings. The van der Waals surface area contributed by atoms with Gasteiger partial charge in [0.25, 0.3) is 11.6 Å². The minimum atomic E-state index is -4.96. The Labute approximate surface area is 157 Å². The van der Waals surface area contributed by atoms with Crippen LogP contribution in [0, 0.1) is 0 Å². The van der Waals surface area contributed by atoms with Crippen molar-refractivity contribution in [2.45, 2.75) is 60.8 Å². The van der Waals surface area contributed by atoms with E-state index in [1.165, 1.54) is 0 Å². The molecule has 3 heterocycles. The summed E-state index contributed by atoms with van der Waals surface area (Å²) >= 11 is 0. The Morgan fingerprint density at radius 2 is 1.61 bits per heavy atom. The van der Waals surface area contributed by atoms with Crippen LogP contribution in [0.2, 0.25) is 0 Å². The zero-order chi connectivity index (χ0) is 21.1. The van der Waals surface area contributed by atoms with Crippen LogP contribution in [0.4, 0.5) is 0 Å². The number of fused-ring (bicyclic) bond motifs is 1. The second-order valence-electron chi connectivity index (χ2n) is 6.43. The molecule has 3 rings (SSSR count). The molecule has 15 nitrogen and oxygen atoms in total. The predicted octanol–water partition coefficient (Wildman–Crippen LogP) is -6.45. The number of hydrogen-bond acceptors (Lipinski definition) is 15. The van der Waals surface area contributed by atoms with Crippen molar-refractivity contribution in [3.8, 4) is 0 Å². The molecule has 3 aliphatic heterocycles. The van der Waals surface area contributed by atoms with Crippen LogP contribution in [0.5, 0.6) is 0 Å². The van der Waals surface area contributed by atoms with Crippen molar-refractivity contribution in [1.29, 1.82) is 0 Å². The van der Waals surface area contributed by atoms with Crippen LogP contribution in [-0.2, 0) is 33.0 Å². The SMILES string of the molecule is O=S1(=O)O[C@@]2(CO)O[C@H](O[C@H]3[C@H](O)[C@@H](O)[C@H](O)O[C@@H]3CO)[C@H](O)[C@H](O)[C@@]2(O)O1. The summed E-state index contributed by atoms with van der Waals surface area (Å²) in [4.78, 5) is 0. The van der Waals surface area contributed by atoms with Crippen molar-refractivity contribution in [3.05, 3.63) is 0 Å². The monoisotopic (exact) mass is 436 g/mol. The van der Waals surface area contributed by atoms with Crippen LogP contribution < -0.4 is 0 Å². The highest BCUT2D eigenvalue weighted by Gasteiger charge is 2.75. The predicted molar refractivity (Wildman–Crippen MR) is 77.6 cm³/mol. The lowest BCUT2D eigenvalue weighted by Gasteiger charge is -2.49. The van der Waals surface area contributed by atoms with E-state index in [0.717, 1.165) is 0 Å². The third kappa shape index (κ3) is 3.24. The number of hydrogen-bond donors (Lipinski definition) is 8. The van der Waals surface area contributed by atoms with Crippen LogP contribution in [0.15, 0.2) is 0 Å². The van der Waals surface area contributed by atoms with Gasteiger partial charge in [-0.3, -0.25) is 0 Å². The van der Waals surface area contributed by atoms with Gasteiger partial charge in [0.15, 0.2) is 12.6 Å². The van der Waals surface area contributed by atoms with E-state index in [2.05, 4.69) is 8.37 Å². The lowest BCUT2D eigenvalue weighted by atomic mass is 9.92. The van der Waals surface area contributed by atoms with Gasteiger partial charge in [-0.25, -0.2) is 8.37 Å². The van der Waals surface area contributed by atoms with Gasteiger partial charge in [-0.15, -0.1) is 0 Å². The minimum absolute atomic E-state index is 0.833. The number of rotatable bonds is 4. The zero-order valence-electron chi connectivity index (χ0n) is 13.9. The lowest BCUT2D eigenvalue weighted by Crippen LogP contribution is -2.73. The Morgan fingerprint density at radius 1 is 0.964 bits per heavy atom. The van der Waals surface area contributed by atoms with Crippen molar-refractivity contribution < 1.29 is 71.8 Å². The Balaban J connectivity index is 1.89. The van der Waals surface area contributed by atoms with Gasteiger partial charge in [0.2, 0.25) is 0 Å². The highest BCUT2D eigenvalue weighted by Crippen LogP contribution is 2.47. The molecule has 0 saturated carbocycles. The summed E-state index contributed by atoms with van der Waals surface area (Å²) in [6.07, 6.45) is -15.5.